The van der Waals surface area contributed by atoms with Crippen molar-refractivity contribution in [2.45, 2.75) is 12.7 Å². The van der Waals surface area contributed by atoms with Crippen LogP contribution in [0.15, 0.2) is 34.9 Å². The lowest BCUT2D eigenvalue weighted by Gasteiger charge is -2.26. The molecule has 0 spiro atoms. The maximum Gasteiger partial charge on any atom is 0.226 e. The van der Waals surface area contributed by atoms with Crippen LogP contribution in [0, 0.1) is 12.8 Å². The summed E-state index contributed by atoms with van der Waals surface area (Å²) in [6.45, 7) is 4.41. The summed E-state index contributed by atoms with van der Waals surface area (Å²) in [6, 6.07) is 8.27. The summed E-state index contributed by atoms with van der Waals surface area (Å²) in [5, 5.41) is 3.29. The molecule has 0 amide bonds. The third kappa shape index (κ3) is 3.19. The first-order valence-corrected chi connectivity index (χ1v) is 7.76. The van der Waals surface area contributed by atoms with Crippen LogP contribution in [0.25, 0.3) is 11.5 Å². The number of hydrogen-bond donors (Lipinski definition) is 1. The summed E-state index contributed by atoms with van der Waals surface area (Å²) in [5.74, 6) is 3.71. The van der Waals surface area contributed by atoms with Crippen LogP contribution < -0.4 is 5.32 Å². The van der Waals surface area contributed by atoms with Gasteiger partial charge < -0.3 is 9.73 Å². The van der Waals surface area contributed by atoms with E-state index in [0.717, 1.165) is 28.8 Å². The second-order valence-electron chi connectivity index (χ2n) is 5.05. The monoisotopic (exact) mass is 274 g/mol. The third-order valence-electron chi connectivity index (χ3n) is 3.32. The molecule has 1 saturated heterocycles. The van der Waals surface area contributed by atoms with Crippen LogP contribution in [0.3, 0.4) is 0 Å². The van der Waals surface area contributed by atoms with Gasteiger partial charge >= 0.3 is 0 Å². The van der Waals surface area contributed by atoms with E-state index < -0.39 is 0 Å². The van der Waals surface area contributed by atoms with E-state index in [1.165, 1.54) is 24.4 Å². The molecule has 1 aromatic carbocycles. The molecule has 4 heteroatoms. The van der Waals surface area contributed by atoms with Crippen molar-refractivity contribution in [3.05, 3.63) is 41.8 Å². The molecule has 0 saturated carbocycles. The summed E-state index contributed by atoms with van der Waals surface area (Å²) < 4.78 is 5.55. The van der Waals surface area contributed by atoms with E-state index in [9.17, 15) is 0 Å². The maximum absolute atomic E-state index is 5.55. The van der Waals surface area contributed by atoms with Crippen molar-refractivity contribution in [3.8, 4) is 11.5 Å². The summed E-state index contributed by atoms with van der Waals surface area (Å²) in [6.07, 6.45) is 1.78. The van der Waals surface area contributed by atoms with Gasteiger partial charge in [0, 0.05) is 11.3 Å². The predicted molar refractivity (Wildman–Crippen MR) is 79.2 cm³/mol. The zero-order valence-electron chi connectivity index (χ0n) is 11.1. The van der Waals surface area contributed by atoms with Gasteiger partial charge in [0.1, 0.15) is 6.26 Å². The summed E-state index contributed by atoms with van der Waals surface area (Å²) >= 11 is 1.94. The quantitative estimate of drug-likeness (QED) is 0.909. The summed E-state index contributed by atoms with van der Waals surface area (Å²) in [5.41, 5.74) is 3.33. The number of nitrogens with one attached hydrogen (secondary N) is 1. The average molecular weight is 274 g/mol. The van der Waals surface area contributed by atoms with E-state index in [0.29, 0.717) is 0 Å². The Hall–Kier alpha value is -1.26. The molecular formula is C15H18N2OS. The largest absolute Gasteiger partial charge is 0.444 e. The number of oxazole rings is 1. The Morgan fingerprint density at radius 2 is 2.11 bits per heavy atom. The van der Waals surface area contributed by atoms with E-state index in [1.54, 1.807) is 6.26 Å². The number of hydrogen-bond acceptors (Lipinski definition) is 4. The van der Waals surface area contributed by atoms with Crippen LogP contribution >= 0.6 is 11.8 Å². The van der Waals surface area contributed by atoms with Gasteiger partial charge in [-0.1, -0.05) is 17.7 Å². The molecule has 0 radical (unpaired) electrons. The topological polar surface area (TPSA) is 38.1 Å². The first-order chi connectivity index (χ1) is 9.31. The zero-order chi connectivity index (χ0) is 13.1. The summed E-state index contributed by atoms with van der Waals surface area (Å²) in [4.78, 5) is 4.55. The normalized spacial score (nSPS) is 15.4. The number of aromatic nitrogens is 1. The lowest BCUT2D eigenvalue weighted by Crippen LogP contribution is -2.43. The molecule has 0 unspecified atom stereocenters. The Morgan fingerprint density at radius 3 is 2.79 bits per heavy atom. The number of thioether (sulfide) groups is 1. The standard InChI is InChI=1S/C15H18N2OS/c1-11-2-4-13(5-3-11)15-17-14(8-18-15)10-19-9-12-6-16-7-12/h2-5,8,12,16H,6-7,9-10H2,1H3. The highest BCUT2D eigenvalue weighted by Crippen LogP contribution is 2.22. The van der Waals surface area contributed by atoms with Gasteiger partial charge in [-0.3, -0.25) is 0 Å². The van der Waals surface area contributed by atoms with Gasteiger partial charge in [-0.2, -0.15) is 11.8 Å². The SMILES string of the molecule is Cc1ccc(-c2nc(CSCC3CNC3)co2)cc1. The fourth-order valence-corrected chi connectivity index (χ4v) is 3.03. The molecule has 1 N–H and O–H groups in total. The highest BCUT2D eigenvalue weighted by Gasteiger charge is 2.16. The van der Waals surface area contributed by atoms with Gasteiger partial charge in [0.15, 0.2) is 0 Å². The molecule has 0 atom stereocenters. The van der Waals surface area contributed by atoms with Crippen molar-refractivity contribution in [2.24, 2.45) is 5.92 Å². The molecule has 3 nitrogen and oxygen atoms in total. The molecule has 0 aliphatic carbocycles. The second kappa shape index (κ2) is 5.80. The van der Waals surface area contributed by atoms with Crippen LogP contribution in [-0.4, -0.2) is 23.8 Å². The number of rotatable bonds is 5. The van der Waals surface area contributed by atoms with Gasteiger partial charge in [-0.05, 0) is 43.8 Å². The van der Waals surface area contributed by atoms with E-state index in [-0.39, 0.29) is 0 Å². The van der Waals surface area contributed by atoms with Crippen molar-refractivity contribution in [1.29, 1.82) is 0 Å². The molecule has 1 aromatic heterocycles. The van der Waals surface area contributed by atoms with Crippen LogP contribution in [0.5, 0.6) is 0 Å². The van der Waals surface area contributed by atoms with Crippen LogP contribution in [0.4, 0.5) is 0 Å². The lowest BCUT2D eigenvalue weighted by molar-refractivity contribution is 0.385. The van der Waals surface area contributed by atoms with Crippen LogP contribution in [0.1, 0.15) is 11.3 Å². The molecule has 1 aliphatic heterocycles. The van der Waals surface area contributed by atoms with Gasteiger partial charge in [0.25, 0.3) is 0 Å². The first-order valence-electron chi connectivity index (χ1n) is 6.61. The Labute approximate surface area is 117 Å². The molecule has 3 rings (SSSR count). The van der Waals surface area contributed by atoms with Crippen LogP contribution in [-0.2, 0) is 5.75 Å². The highest BCUT2D eigenvalue weighted by molar-refractivity contribution is 7.98. The average Bonchev–Trinajstić information content (AvgIpc) is 2.82. The molecule has 2 heterocycles. The zero-order valence-corrected chi connectivity index (χ0v) is 11.9. The van der Waals surface area contributed by atoms with Crippen molar-refractivity contribution < 1.29 is 4.42 Å². The van der Waals surface area contributed by atoms with Crippen LogP contribution in [0.2, 0.25) is 0 Å². The smallest absolute Gasteiger partial charge is 0.226 e. The van der Waals surface area contributed by atoms with Gasteiger partial charge in [0.05, 0.1) is 5.69 Å². The predicted octanol–water partition coefficient (Wildman–Crippen LogP) is 3.10. The van der Waals surface area contributed by atoms with Crippen molar-refractivity contribution >= 4 is 11.8 Å². The van der Waals surface area contributed by atoms with Gasteiger partial charge in [0.2, 0.25) is 5.89 Å². The van der Waals surface area contributed by atoms with E-state index in [2.05, 4.69) is 41.5 Å². The van der Waals surface area contributed by atoms with Gasteiger partial charge in [-0.15, -0.1) is 0 Å². The van der Waals surface area contributed by atoms with E-state index in [1.807, 2.05) is 11.8 Å². The van der Waals surface area contributed by atoms with E-state index in [4.69, 9.17) is 4.42 Å². The molecular weight excluding hydrogens is 256 g/mol. The minimum atomic E-state index is 0.723. The maximum atomic E-state index is 5.55. The Balaban J connectivity index is 1.57. The first kappa shape index (κ1) is 12.8. The fourth-order valence-electron chi connectivity index (χ4n) is 2.00. The van der Waals surface area contributed by atoms with E-state index >= 15 is 0 Å². The molecule has 1 aliphatic rings. The highest BCUT2D eigenvalue weighted by atomic mass is 32.2. The van der Waals surface area contributed by atoms with Crippen molar-refractivity contribution in [2.75, 3.05) is 18.8 Å². The Morgan fingerprint density at radius 1 is 1.32 bits per heavy atom. The molecule has 19 heavy (non-hydrogen) atoms. The third-order valence-corrected chi connectivity index (χ3v) is 4.53. The van der Waals surface area contributed by atoms with Gasteiger partial charge in [-0.25, -0.2) is 4.98 Å². The molecule has 1 fully saturated rings. The number of benzene rings is 1. The number of nitrogens with zero attached hydrogens (tertiary/aromatic N) is 1. The second-order valence-corrected chi connectivity index (χ2v) is 6.08. The minimum Gasteiger partial charge on any atom is -0.444 e. The van der Waals surface area contributed by atoms with Crippen molar-refractivity contribution in [1.82, 2.24) is 10.3 Å². The lowest BCUT2D eigenvalue weighted by atomic mass is 10.1. The molecule has 2 aromatic rings. The molecule has 0 bridgehead atoms. The van der Waals surface area contributed by atoms with Crippen molar-refractivity contribution in [3.63, 3.8) is 0 Å². The number of aryl methyl sites for hydroxylation is 1. The minimum absolute atomic E-state index is 0.723. The Bertz CT molecular complexity index is 531. The Kier molecular flexibility index (Phi) is 3.89. The summed E-state index contributed by atoms with van der Waals surface area (Å²) in [7, 11) is 0. The molecule has 100 valence electrons. The fraction of sp³-hybridized carbons (Fsp3) is 0.400.